The fourth-order valence-corrected chi connectivity index (χ4v) is 2.63. The summed E-state index contributed by atoms with van der Waals surface area (Å²) in [6.45, 7) is 4.38. The number of hydrogen-bond donors (Lipinski definition) is 1. The first-order valence-electron chi connectivity index (χ1n) is 6.59. The maximum atomic E-state index is 11.2. The fraction of sp³-hybridized carbons (Fsp3) is 0.235. The molecule has 0 bridgehead atoms. The molecular weight excluding hydrogens is 316 g/mol. The lowest BCUT2D eigenvalue weighted by Gasteiger charge is -2.09. The molecule has 0 aliphatic carbocycles. The molecule has 0 saturated heterocycles. The van der Waals surface area contributed by atoms with Crippen LogP contribution < -0.4 is 0 Å². The summed E-state index contributed by atoms with van der Waals surface area (Å²) < 4.78 is 0.604. The van der Waals surface area contributed by atoms with E-state index in [-0.39, 0.29) is 5.56 Å². The van der Waals surface area contributed by atoms with Gasteiger partial charge in [-0.05, 0) is 57.1 Å². The van der Waals surface area contributed by atoms with Gasteiger partial charge in [-0.25, -0.2) is 4.79 Å². The molecule has 0 atom stereocenters. The summed E-state index contributed by atoms with van der Waals surface area (Å²) in [7, 11) is 0. The van der Waals surface area contributed by atoms with E-state index in [0.717, 1.165) is 17.5 Å². The van der Waals surface area contributed by atoms with E-state index in [1.165, 1.54) is 5.56 Å². The van der Waals surface area contributed by atoms with E-state index in [1.807, 2.05) is 18.2 Å². The van der Waals surface area contributed by atoms with Crippen molar-refractivity contribution in [1.82, 2.24) is 0 Å². The van der Waals surface area contributed by atoms with Crippen molar-refractivity contribution in [2.75, 3.05) is 0 Å². The van der Waals surface area contributed by atoms with E-state index in [4.69, 9.17) is 0 Å². The van der Waals surface area contributed by atoms with Crippen molar-refractivity contribution in [2.24, 2.45) is 5.92 Å². The molecule has 0 heterocycles. The molecule has 0 radical (unpaired) electrons. The van der Waals surface area contributed by atoms with Crippen LogP contribution in [-0.4, -0.2) is 11.1 Å². The van der Waals surface area contributed by atoms with E-state index in [2.05, 4.69) is 41.9 Å². The fourth-order valence-electron chi connectivity index (χ4n) is 2.22. The zero-order valence-electron chi connectivity index (χ0n) is 11.6. The van der Waals surface area contributed by atoms with Gasteiger partial charge in [-0.2, -0.15) is 0 Å². The Kier molecular flexibility index (Phi) is 4.61. The average molecular weight is 333 g/mol. The Morgan fingerprint density at radius 3 is 2.50 bits per heavy atom. The molecule has 20 heavy (non-hydrogen) atoms. The zero-order chi connectivity index (χ0) is 14.7. The first kappa shape index (κ1) is 14.8. The lowest BCUT2D eigenvalue weighted by Crippen LogP contribution is -1.98. The molecule has 1 N–H and O–H groups in total. The molecule has 2 rings (SSSR count). The summed E-state index contributed by atoms with van der Waals surface area (Å²) in [4.78, 5) is 11.2. The highest BCUT2D eigenvalue weighted by molar-refractivity contribution is 9.10. The molecule has 2 nitrogen and oxygen atoms in total. The number of carboxylic acids is 1. The summed E-state index contributed by atoms with van der Waals surface area (Å²) >= 11 is 3.27. The van der Waals surface area contributed by atoms with Gasteiger partial charge >= 0.3 is 5.97 Å². The molecule has 3 heteroatoms. The predicted octanol–water partition coefficient (Wildman–Crippen LogP) is 5.01. The van der Waals surface area contributed by atoms with Crippen molar-refractivity contribution in [1.29, 1.82) is 0 Å². The number of hydrogen-bond acceptors (Lipinski definition) is 1. The number of rotatable bonds is 4. The minimum absolute atomic E-state index is 0.289. The topological polar surface area (TPSA) is 37.3 Å². The van der Waals surface area contributed by atoms with Gasteiger partial charge in [0.25, 0.3) is 0 Å². The predicted molar refractivity (Wildman–Crippen MR) is 85.1 cm³/mol. The Bertz CT molecular complexity index is 633. The van der Waals surface area contributed by atoms with E-state index in [1.54, 1.807) is 12.1 Å². The number of benzene rings is 2. The average Bonchev–Trinajstić information content (AvgIpc) is 2.38. The van der Waals surface area contributed by atoms with Crippen LogP contribution in [0.15, 0.2) is 46.9 Å². The summed E-state index contributed by atoms with van der Waals surface area (Å²) in [5.74, 6) is -0.318. The Balaban J connectivity index is 2.41. The largest absolute Gasteiger partial charge is 0.478 e. The summed E-state index contributed by atoms with van der Waals surface area (Å²) in [6, 6.07) is 13.7. The van der Waals surface area contributed by atoms with E-state index in [9.17, 15) is 9.90 Å². The van der Waals surface area contributed by atoms with Crippen LogP contribution in [0, 0.1) is 5.92 Å². The zero-order valence-corrected chi connectivity index (χ0v) is 13.1. The maximum absolute atomic E-state index is 11.2. The number of carboxylic acid groups (broad SMARTS) is 1. The Hall–Kier alpha value is -1.61. The van der Waals surface area contributed by atoms with Gasteiger partial charge in [-0.3, -0.25) is 0 Å². The first-order chi connectivity index (χ1) is 9.47. The number of halogens is 1. The molecule has 0 unspecified atom stereocenters. The highest BCUT2D eigenvalue weighted by Gasteiger charge is 2.10. The van der Waals surface area contributed by atoms with Crippen LogP contribution in [0.4, 0.5) is 0 Å². The normalized spacial score (nSPS) is 10.8. The second kappa shape index (κ2) is 6.23. The molecule has 0 saturated carbocycles. The molecule has 0 aliphatic heterocycles. The van der Waals surface area contributed by atoms with E-state index in [0.29, 0.717) is 10.4 Å². The van der Waals surface area contributed by atoms with Gasteiger partial charge in [0.1, 0.15) is 0 Å². The van der Waals surface area contributed by atoms with Crippen LogP contribution in [0.25, 0.3) is 11.1 Å². The van der Waals surface area contributed by atoms with Gasteiger partial charge in [0, 0.05) is 4.47 Å². The Labute approximate surface area is 127 Å². The summed E-state index contributed by atoms with van der Waals surface area (Å²) in [5.41, 5.74) is 3.54. The van der Waals surface area contributed by atoms with E-state index < -0.39 is 5.97 Å². The van der Waals surface area contributed by atoms with Gasteiger partial charge in [0.15, 0.2) is 0 Å². The third-order valence-electron chi connectivity index (χ3n) is 3.10. The molecule has 0 amide bonds. The molecule has 0 spiro atoms. The summed E-state index contributed by atoms with van der Waals surface area (Å²) in [5, 5.41) is 9.18. The second-order valence-corrected chi connectivity index (χ2v) is 6.15. The van der Waals surface area contributed by atoms with Gasteiger partial charge in [0.05, 0.1) is 5.56 Å². The van der Waals surface area contributed by atoms with Gasteiger partial charge in [0.2, 0.25) is 0 Å². The molecule has 2 aromatic carbocycles. The monoisotopic (exact) mass is 332 g/mol. The molecule has 104 valence electrons. The lowest BCUT2D eigenvalue weighted by molar-refractivity contribution is 0.0696. The van der Waals surface area contributed by atoms with Crippen molar-refractivity contribution < 1.29 is 9.90 Å². The number of carbonyl (C=O) groups is 1. The Morgan fingerprint density at radius 1 is 1.15 bits per heavy atom. The van der Waals surface area contributed by atoms with Crippen molar-refractivity contribution in [2.45, 2.75) is 20.3 Å². The van der Waals surface area contributed by atoms with Crippen molar-refractivity contribution in [3.63, 3.8) is 0 Å². The van der Waals surface area contributed by atoms with Crippen LogP contribution in [0.3, 0.4) is 0 Å². The van der Waals surface area contributed by atoms with Crippen LogP contribution in [0.2, 0.25) is 0 Å². The molecule has 0 fully saturated rings. The highest BCUT2D eigenvalue weighted by Crippen LogP contribution is 2.26. The summed E-state index contributed by atoms with van der Waals surface area (Å²) in [6.07, 6.45) is 1.02. The molecule has 2 aromatic rings. The third-order valence-corrected chi connectivity index (χ3v) is 3.79. The standard InChI is InChI=1S/C17H17BrO2/c1-11(2)8-12-4-3-5-13(9-12)14-6-7-16(18)15(10-14)17(19)20/h3-7,9-11H,8H2,1-2H3,(H,19,20). The SMILES string of the molecule is CC(C)Cc1cccc(-c2ccc(Br)c(C(=O)O)c2)c1. The molecular formula is C17H17BrO2. The second-order valence-electron chi connectivity index (χ2n) is 5.30. The quantitative estimate of drug-likeness (QED) is 0.854. The third kappa shape index (κ3) is 3.48. The van der Waals surface area contributed by atoms with Crippen molar-refractivity contribution in [3.8, 4) is 11.1 Å². The Morgan fingerprint density at radius 2 is 1.85 bits per heavy atom. The van der Waals surface area contributed by atoms with Crippen molar-refractivity contribution in [3.05, 3.63) is 58.1 Å². The van der Waals surface area contributed by atoms with Crippen molar-refractivity contribution >= 4 is 21.9 Å². The molecule has 0 aliphatic rings. The first-order valence-corrected chi connectivity index (χ1v) is 7.39. The van der Waals surface area contributed by atoms with Crippen LogP contribution in [0.5, 0.6) is 0 Å². The maximum Gasteiger partial charge on any atom is 0.336 e. The molecule has 0 aromatic heterocycles. The van der Waals surface area contributed by atoms with Gasteiger partial charge in [-0.15, -0.1) is 0 Å². The van der Waals surface area contributed by atoms with Crippen LogP contribution in [-0.2, 0) is 6.42 Å². The smallest absolute Gasteiger partial charge is 0.336 e. The number of aromatic carboxylic acids is 1. The van der Waals surface area contributed by atoms with E-state index >= 15 is 0 Å². The van der Waals surface area contributed by atoms with Crippen LogP contribution in [0.1, 0.15) is 29.8 Å². The minimum atomic E-state index is -0.919. The van der Waals surface area contributed by atoms with Crippen LogP contribution >= 0.6 is 15.9 Å². The van der Waals surface area contributed by atoms with Gasteiger partial charge in [-0.1, -0.05) is 44.2 Å². The van der Waals surface area contributed by atoms with Gasteiger partial charge < -0.3 is 5.11 Å². The lowest BCUT2D eigenvalue weighted by atomic mass is 9.97. The highest BCUT2D eigenvalue weighted by atomic mass is 79.9. The minimum Gasteiger partial charge on any atom is -0.478 e.